The lowest BCUT2D eigenvalue weighted by Crippen LogP contribution is -2.03. The summed E-state index contributed by atoms with van der Waals surface area (Å²) in [5, 5.41) is 12.8. The number of aromatic carboxylic acids is 1. The fourth-order valence-electron chi connectivity index (χ4n) is 2.21. The Labute approximate surface area is 141 Å². The van der Waals surface area contributed by atoms with Crippen LogP contribution in [0.4, 0.5) is 16.0 Å². The van der Waals surface area contributed by atoms with Crippen LogP contribution in [0, 0.1) is 19.7 Å². The Morgan fingerprint density at radius 3 is 2.71 bits per heavy atom. The number of nitrogens with one attached hydrogen (secondary N) is 1. The molecule has 2 N–H and O–H groups in total. The van der Waals surface area contributed by atoms with Gasteiger partial charge in [-0.25, -0.2) is 24.1 Å². The van der Waals surface area contributed by atoms with E-state index in [1.165, 1.54) is 23.5 Å². The number of anilines is 2. The Morgan fingerprint density at radius 1 is 1.25 bits per heavy atom. The number of thiazole rings is 1. The topological polar surface area (TPSA) is 88.0 Å². The fourth-order valence-corrected chi connectivity index (χ4v) is 3.10. The second kappa shape index (κ2) is 6.32. The van der Waals surface area contributed by atoms with E-state index in [1.807, 2.05) is 13.8 Å². The van der Waals surface area contributed by atoms with Crippen molar-refractivity contribution in [3.05, 3.63) is 52.5 Å². The molecule has 3 aromatic rings. The standard InChI is InChI=1S/C16H13FN4O2S/c1-8-14(24-9(2)19-8)13-5-6-18-16(21-13)20-10-3-4-12(17)11(7-10)15(22)23/h3-7H,1-2H3,(H,22,23)(H,18,20,21). The van der Waals surface area contributed by atoms with Gasteiger partial charge in [0.05, 0.1) is 26.8 Å². The number of rotatable bonds is 4. The van der Waals surface area contributed by atoms with Gasteiger partial charge in [-0.2, -0.15) is 0 Å². The summed E-state index contributed by atoms with van der Waals surface area (Å²) in [5.41, 5.74) is 1.58. The number of benzene rings is 1. The number of aromatic nitrogens is 3. The number of carbonyl (C=O) groups is 1. The summed E-state index contributed by atoms with van der Waals surface area (Å²) in [6.07, 6.45) is 1.60. The molecule has 1 aromatic carbocycles. The summed E-state index contributed by atoms with van der Waals surface area (Å²) in [7, 11) is 0. The average Bonchev–Trinajstić information content (AvgIpc) is 2.88. The molecule has 8 heteroatoms. The largest absolute Gasteiger partial charge is 0.478 e. The Morgan fingerprint density at radius 2 is 2.04 bits per heavy atom. The Hall–Kier alpha value is -2.87. The van der Waals surface area contributed by atoms with Crippen molar-refractivity contribution in [3.8, 4) is 10.6 Å². The molecule has 0 radical (unpaired) electrons. The molecule has 0 saturated carbocycles. The molecule has 0 saturated heterocycles. The normalized spacial score (nSPS) is 10.6. The minimum Gasteiger partial charge on any atom is -0.478 e. The summed E-state index contributed by atoms with van der Waals surface area (Å²) in [5.74, 6) is -1.83. The van der Waals surface area contributed by atoms with Crippen molar-refractivity contribution >= 4 is 28.9 Å². The maximum atomic E-state index is 13.4. The van der Waals surface area contributed by atoms with Crippen LogP contribution in [0.2, 0.25) is 0 Å². The van der Waals surface area contributed by atoms with Gasteiger partial charge in [0, 0.05) is 11.9 Å². The van der Waals surface area contributed by atoms with E-state index in [0.29, 0.717) is 11.6 Å². The molecular formula is C16H13FN4O2S. The lowest BCUT2D eigenvalue weighted by atomic mass is 10.2. The van der Waals surface area contributed by atoms with E-state index in [-0.39, 0.29) is 0 Å². The van der Waals surface area contributed by atoms with Gasteiger partial charge < -0.3 is 10.4 Å². The molecule has 6 nitrogen and oxygen atoms in total. The highest BCUT2D eigenvalue weighted by atomic mass is 32.1. The van der Waals surface area contributed by atoms with E-state index in [9.17, 15) is 9.18 Å². The van der Waals surface area contributed by atoms with Crippen LogP contribution in [0.5, 0.6) is 0 Å². The second-order valence-corrected chi connectivity index (χ2v) is 6.24. The third kappa shape index (κ3) is 3.23. The zero-order valence-electron chi connectivity index (χ0n) is 12.9. The molecule has 0 spiro atoms. The summed E-state index contributed by atoms with van der Waals surface area (Å²) < 4.78 is 13.4. The molecule has 0 aliphatic carbocycles. The van der Waals surface area contributed by atoms with E-state index < -0.39 is 17.3 Å². The Bertz CT molecular complexity index is 926. The Kier molecular flexibility index (Phi) is 4.22. The molecule has 3 rings (SSSR count). The predicted molar refractivity (Wildman–Crippen MR) is 89.3 cm³/mol. The third-order valence-corrected chi connectivity index (χ3v) is 4.34. The van der Waals surface area contributed by atoms with Crippen molar-refractivity contribution in [3.63, 3.8) is 0 Å². The molecule has 0 atom stereocenters. The second-order valence-electron chi connectivity index (χ2n) is 5.04. The van der Waals surface area contributed by atoms with Crippen LogP contribution < -0.4 is 5.32 Å². The fraction of sp³-hybridized carbons (Fsp3) is 0.125. The van der Waals surface area contributed by atoms with Gasteiger partial charge >= 0.3 is 5.97 Å². The third-order valence-electron chi connectivity index (χ3n) is 3.24. The Balaban J connectivity index is 1.92. The highest BCUT2D eigenvalue weighted by Gasteiger charge is 2.13. The van der Waals surface area contributed by atoms with Crippen LogP contribution in [0.3, 0.4) is 0 Å². The molecule has 2 heterocycles. The quantitative estimate of drug-likeness (QED) is 0.748. The number of carboxylic acids is 1. The maximum Gasteiger partial charge on any atom is 0.338 e. The first kappa shape index (κ1) is 16.0. The molecule has 2 aromatic heterocycles. The van der Waals surface area contributed by atoms with E-state index >= 15 is 0 Å². The molecule has 0 aliphatic heterocycles. The van der Waals surface area contributed by atoms with E-state index in [1.54, 1.807) is 12.3 Å². The van der Waals surface area contributed by atoms with Crippen LogP contribution in [0.15, 0.2) is 30.5 Å². The van der Waals surface area contributed by atoms with Crippen molar-refractivity contribution in [2.75, 3.05) is 5.32 Å². The first-order chi connectivity index (χ1) is 11.4. The molecule has 122 valence electrons. The number of nitrogens with zero attached hydrogens (tertiary/aromatic N) is 3. The van der Waals surface area contributed by atoms with E-state index in [2.05, 4.69) is 20.3 Å². The van der Waals surface area contributed by atoms with E-state index in [4.69, 9.17) is 5.11 Å². The molecule has 24 heavy (non-hydrogen) atoms. The van der Waals surface area contributed by atoms with E-state index in [0.717, 1.165) is 27.3 Å². The highest BCUT2D eigenvalue weighted by Crippen LogP contribution is 2.28. The van der Waals surface area contributed by atoms with Gasteiger partial charge in [-0.05, 0) is 38.1 Å². The molecule has 0 amide bonds. The number of halogens is 1. The van der Waals surface area contributed by atoms with Gasteiger partial charge in [-0.3, -0.25) is 0 Å². The summed E-state index contributed by atoms with van der Waals surface area (Å²) >= 11 is 1.53. The summed E-state index contributed by atoms with van der Waals surface area (Å²) in [6.45, 7) is 3.83. The molecule has 0 unspecified atom stereocenters. The molecular weight excluding hydrogens is 331 g/mol. The van der Waals surface area contributed by atoms with Crippen LogP contribution in [-0.2, 0) is 0 Å². The van der Waals surface area contributed by atoms with Crippen molar-refractivity contribution < 1.29 is 14.3 Å². The van der Waals surface area contributed by atoms with Gasteiger partial charge in [0.25, 0.3) is 0 Å². The predicted octanol–water partition coefficient (Wildman–Crippen LogP) is 3.80. The van der Waals surface area contributed by atoms with Gasteiger partial charge in [0.2, 0.25) is 5.95 Å². The molecule has 0 fully saturated rings. The SMILES string of the molecule is Cc1nc(C)c(-c2ccnc(Nc3ccc(F)c(C(=O)O)c3)n2)s1. The minimum absolute atomic E-state index is 0.293. The lowest BCUT2D eigenvalue weighted by Gasteiger charge is -2.07. The summed E-state index contributed by atoms with van der Waals surface area (Å²) in [6, 6.07) is 5.50. The maximum absolute atomic E-state index is 13.4. The number of hydrogen-bond donors (Lipinski definition) is 2. The molecule has 0 bridgehead atoms. The van der Waals surface area contributed by atoms with Crippen molar-refractivity contribution in [2.45, 2.75) is 13.8 Å². The van der Waals surface area contributed by atoms with Crippen LogP contribution >= 0.6 is 11.3 Å². The van der Waals surface area contributed by atoms with Gasteiger partial charge in [0.1, 0.15) is 5.82 Å². The first-order valence-electron chi connectivity index (χ1n) is 7.01. The first-order valence-corrected chi connectivity index (χ1v) is 7.83. The molecule has 0 aliphatic rings. The number of carboxylic acid groups (broad SMARTS) is 1. The number of hydrogen-bond acceptors (Lipinski definition) is 6. The van der Waals surface area contributed by atoms with Crippen LogP contribution in [0.25, 0.3) is 10.6 Å². The van der Waals surface area contributed by atoms with Crippen LogP contribution in [-0.4, -0.2) is 26.0 Å². The van der Waals surface area contributed by atoms with Crippen molar-refractivity contribution in [1.82, 2.24) is 15.0 Å². The zero-order chi connectivity index (χ0) is 17.3. The minimum atomic E-state index is -1.33. The smallest absolute Gasteiger partial charge is 0.338 e. The average molecular weight is 344 g/mol. The highest BCUT2D eigenvalue weighted by molar-refractivity contribution is 7.15. The monoisotopic (exact) mass is 344 g/mol. The lowest BCUT2D eigenvalue weighted by molar-refractivity contribution is 0.0692. The van der Waals surface area contributed by atoms with Crippen LogP contribution in [0.1, 0.15) is 21.1 Å². The van der Waals surface area contributed by atoms with Gasteiger partial charge in [-0.1, -0.05) is 0 Å². The van der Waals surface area contributed by atoms with Gasteiger partial charge in [0.15, 0.2) is 0 Å². The summed E-state index contributed by atoms with van der Waals surface area (Å²) in [4.78, 5) is 24.9. The zero-order valence-corrected chi connectivity index (χ0v) is 13.7. The van der Waals surface area contributed by atoms with Gasteiger partial charge in [-0.15, -0.1) is 11.3 Å². The van der Waals surface area contributed by atoms with Crippen molar-refractivity contribution in [1.29, 1.82) is 0 Å². The number of aryl methyl sites for hydroxylation is 2. The van der Waals surface area contributed by atoms with Crippen molar-refractivity contribution in [2.24, 2.45) is 0 Å².